The second-order valence-electron chi connectivity index (χ2n) is 15.8. The second kappa shape index (κ2) is 12.2. The van der Waals surface area contributed by atoms with Gasteiger partial charge in [-0.15, -0.1) is 0 Å². The van der Waals surface area contributed by atoms with E-state index in [2.05, 4.69) is 177 Å². The van der Waals surface area contributed by atoms with Crippen molar-refractivity contribution in [1.29, 1.82) is 0 Å². The molecule has 0 amide bonds. The van der Waals surface area contributed by atoms with E-state index in [1.807, 2.05) is 0 Å². The molecule has 0 fully saturated rings. The number of fused-ring (bicyclic) bond motifs is 7. The van der Waals surface area contributed by atoms with Crippen LogP contribution in [0.3, 0.4) is 0 Å². The fraction of sp³-hybridized carbons (Fsp3) is 0.148. The third-order valence-corrected chi connectivity index (χ3v) is 13.2. The summed E-state index contributed by atoms with van der Waals surface area (Å²) in [5.74, 6) is 0. The highest BCUT2D eigenvalue weighted by atomic mass is 16.3. The summed E-state index contributed by atoms with van der Waals surface area (Å²) in [4.78, 5) is 0. The number of benzene rings is 9. The predicted molar refractivity (Wildman–Crippen MR) is 238 cm³/mol. The molecule has 1 heteroatoms. The van der Waals surface area contributed by atoms with Crippen molar-refractivity contribution in [3.8, 4) is 33.4 Å². The van der Waals surface area contributed by atoms with Gasteiger partial charge in [0.2, 0.25) is 0 Å². The summed E-state index contributed by atoms with van der Waals surface area (Å²) in [5, 5.41) is 12.7. The first-order chi connectivity index (χ1) is 26.6. The summed E-state index contributed by atoms with van der Waals surface area (Å²) in [6.45, 7) is 18.7. The van der Waals surface area contributed by atoms with E-state index in [0.29, 0.717) is 0 Å². The first kappa shape index (κ1) is 33.4. The number of aryl methyl sites for hydroxylation is 4. The molecule has 0 saturated carbocycles. The Morgan fingerprint density at radius 3 is 1.42 bits per heavy atom. The predicted octanol–water partition coefficient (Wildman–Crippen LogP) is 15.7. The molecule has 10 aromatic rings. The number of hydrogen-bond donors (Lipinski definition) is 0. The van der Waals surface area contributed by atoms with Crippen molar-refractivity contribution >= 4 is 65.0 Å². The van der Waals surface area contributed by atoms with Gasteiger partial charge in [0.15, 0.2) is 0 Å². The van der Waals surface area contributed by atoms with Gasteiger partial charge in [0.1, 0.15) is 11.2 Å². The highest BCUT2D eigenvalue weighted by Gasteiger charge is 2.28. The minimum atomic E-state index is 0.922. The fourth-order valence-electron chi connectivity index (χ4n) is 9.70. The van der Waals surface area contributed by atoms with Crippen LogP contribution in [0.15, 0.2) is 126 Å². The minimum absolute atomic E-state index is 0.922. The molecule has 0 aliphatic rings. The molecule has 0 N–H and O–H groups in total. The van der Waals surface area contributed by atoms with Crippen LogP contribution in [-0.2, 0) is 0 Å². The summed E-state index contributed by atoms with van der Waals surface area (Å²) < 4.78 is 6.74. The van der Waals surface area contributed by atoms with E-state index in [0.717, 1.165) is 16.6 Å². The molecular weight excluding hydrogens is 665 g/mol. The Bertz CT molecular complexity index is 3180. The first-order valence-corrected chi connectivity index (χ1v) is 19.5. The lowest BCUT2D eigenvalue weighted by Gasteiger charge is -2.28. The third kappa shape index (κ3) is 4.72. The summed E-state index contributed by atoms with van der Waals surface area (Å²) in [5.41, 5.74) is 20.3. The molecule has 0 atom stereocenters. The van der Waals surface area contributed by atoms with E-state index >= 15 is 0 Å². The van der Waals surface area contributed by atoms with Crippen molar-refractivity contribution in [2.24, 2.45) is 0 Å². The Balaban J connectivity index is 1.49. The van der Waals surface area contributed by atoms with Gasteiger partial charge < -0.3 is 4.42 Å². The lowest BCUT2D eigenvalue weighted by molar-refractivity contribution is 0.669. The highest BCUT2D eigenvalue weighted by molar-refractivity contribution is 6.30. The summed E-state index contributed by atoms with van der Waals surface area (Å²) in [6.07, 6.45) is 0. The van der Waals surface area contributed by atoms with E-state index in [-0.39, 0.29) is 0 Å². The normalized spacial score (nSPS) is 12.0. The maximum absolute atomic E-state index is 6.74. The summed E-state index contributed by atoms with van der Waals surface area (Å²) in [7, 11) is 0. The molecular formula is C54H44O. The first-order valence-electron chi connectivity index (χ1n) is 19.5. The molecule has 0 unspecified atom stereocenters. The highest BCUT2D eigenvalue weighted by Crippen LogP contribution is 2.53. The molecule has 1 aromatic heterocycles. The van der Waals surface area contributed by atoms with Gasteiger partial charge in [-0.25, -0.2) is 0 Å². The molecule has 0 bridgehead atoms. The summed E-state index contributed by atoms with van der Waals surface area (Å²) >= 11 is 0. The lowest BCUT2D eigenvalue weighted by Crippen LogP contribution is -2.04. The van der Waals surface area contributed by atoms with Crippen LogP contribution < -0.4 is 0 Å². The molecule has 1 heterocycles. The molecule has 55 heavy (non-hydrogen) atoms. The molecule has 0 spiro atoms. The van der Waals surface area contributed by atoms with Crippen LogP contribution in [0.4, 0.5) is 0 Å². The van der Waals surface area contributed by atoms with Crippen LogP contribution >= 0.6 is 0 Å². The van der Waals surface area contributed by atoms with Crippen molar-refractivity contribution < 1.29 is 4.42 Å². The van der Waals surface area contributed by atoms with Crippen LogP contribution in [0, 0.1) is 55.4 Å². The van der Waals surface area contributed by atoms with Gasteiger partial charge in [-0.2, -0.15) is 0 Å². The van der Waals surface area contributed by atoms with Gasteiger partial charge >= 0.3 is 0 Å². The SMILES string of the molecule is Cc1c(C)c(C)c2c(-c3cccc4oc5cc6ccccc6cc5c34)c3c(C)c(C)c(C)c(C)c3c(-c3cc(-c4ccccc4)cc4ccccc34)c2c1C. The van der Waals surface area contributed by atoms with Crippen molar-refractivity contribution in [2.45, 2.75) is 55.4 Å². The Labute approximate surface area is 322 Å². The van der Waals surface area contributed by atoms with E-state index < -0.39 is 0 Å². The van der Waals surface area contributed by atoms with Crippen molar-refractivity contribution in [2.75, 3.05) is 0 Å². The van der Waals surface area contributed by atoms with Crippen molar-refractivity contribution in [1.82, 2.24) is 0 Å². The molecule has 1 nitrogen and oxygen atoms in total. The zero-order valence-corrected chi connectivity index (χ0v) is 33.0. The standard InChI is InChI=1S/C54H44O/c1-29-31(3)35(7)50-48(33(29)5)53(43-23-16-24-46-52(43)45-26-38-19-12-13-20-39(38)28-47(45)55-46)49-34(6)30(2)32(4)36(8)51(49)54(50)44-27-41(37-17-10-9-11-18-37)25-40-21-14-15-22-42(40)44/h9-28H,1-8H3. The van der Waals surface area contributed by atoms with Crippen molar-refractivity contribution in [3.05, 3.63) is 166 Å². The van der Waals surface area contributed by atoms with Gasteiger partial charge in [0.05, 0.1) is 0 Å². The quantitative estimate of drug-likeness (QED) is 0.167. The fourth-order valence-corrected chi connectivity index (χ4v) is 9.70. The lowest BCUT2D eigenvalue weighted by atomic mass is 9.75. The summed E-state index contributed by atoms with van der Waals surface area (Å²) in [6, 6.07) is 44.5. The average molecular weight is 709 g/mol. The Hall–Kier alpha value is -6.18. The monoisotopic (exact) mass is 708 g/mol. The topological polar surface area (TPSA) is 13.1 Å². The molecule has 10 rings (SSSR count). The Morgan fingerprint density at radius 1 is 0.309 bits per heavy atom. The minimum Gasteiger partial charge on any atom is -0.456 e. The number of hydrogen-bond acceptors (Lipinski definition) is 1. The van der Waals surface area contributed by atoms with Crippen LogP contribution in [0.5, 0.6) is 0 Å². The van der Waals surface area contributed by atoms with Crippen molar-refractivity contribution in [3.63, 3.8) is 0 Å². The maximum Gasteiger partial charge on any atom is 0.136 e. The van der Waals surface area contributed by atoms with E-state index in [9.17, 15) is 0 Å². The molecule has 9 aromatic carbocycles. The molecule has 0 saturated heterocycles. The largest absolute Gasteiger partial charge is 0.456 e. The van der Waals surface area contributed by atoms with Crippen LogP contribution in [0.1, 0.15) is 44.5 Å². The van der Waals surface area contributed by atoms with Gasteiger partial charge in [-0.05, 0) is 207 Å². The number of rotatable bonds is 3. The van der Waals surface area contributed by atoms with Gasteiger partial charge in [-0.3, -0.25) is 0 Å². The Morgan fingerprint density at radius 2 is 0.818 bits per heavy atom. The van der Waals surface area contributed by atoms with Crippen LogP contribution in [0.2, 0.25) is 0 Å². The maximum atomic E-state index is 6.74. The Kier molecular flexibility index (Phi) is 7.39. The zero-order chi connectivity index (χ0) is 37.9. The van der Waals surface area contributed by atoms with Crippen LogP contribution in [0.25, 0.3) is 98.4 Å². The van der Waals surface area contributed by atoms with Gasteiger partial charge in [-0.1, -0.05) is 91.0 Å². The molecule has 266 valence electrons. The molecule has 0 aliphatic heterocycles. The van der Waals surface area contributed by atoms with Gasteiger partial charge in [0, 0.05) is 10.8 Å². The van der Waals surface area contributed by atoms with Crippen LogP contribution in [-0.4, -0.2) is 0 Å². The second-order valence-corrected chi connectivity index (χ2v) is 15.8. The smallest absolute Gasteiger partial charge is 0.136 e. The molecule has 0 aliphatic carbocycles. The van der Waals surface area contributed by atoms with Gasteiger partial charge in [0.25, 0.3) is 0 Å². The molecule has 0 radical (unpaired) electrons. The zero-order valence-electron chi connectivity index (χ0n) is 33.0. The van der Waals surface area contributed by atoms with E-state index in [4.69, 9.17) is 4.42 Å². The average Bonchev–Trinajstić information content (AvgIpc) is 3.59. The van der Waals surface area contributed by atoms with E-state index in [1.54, 1.807) is 0 Å². The van der Waals surface area contributed by atoms with E-state index in [1.165, 1.54) is 126 Å². The third-order valence-electron chi connectivity index (χ3n) is 13.2. The number of furan rings is 1.